The maximum absolute atomic E-state index is 13.4. The van der Waals surface area contributed by atoms with E-state index in [0.717, 1.165) is 0 Å². The number of carbonyl (C=O) groups is 1. The van der Waals surface area contributed by atoms with Crippen LogP contribution in [0.15, 0.2) is 6.07 Å². The molecule has 1 aromatic rings. The van der Waals surface area contributed by atoms with E-state index in [9.17, 15) is 18.7 Å². The van der Waals surface area contributed by atoms with Gasteiger partial charge in [-0.2, -0.15) is 0 Å². The molecule has 0 atom stereocenters. The van der Waals surface area contributed by atoms with Crippen molar-refractivity contribution in [2.45, 2.75) is 32.1 Å². The van der Waals surface area contributed by atoms with Gasteiger partial charge < -0.3 is 10.0 Å². The molecule has 0 amide bonds. The van der Waals surface area contributed by atoms with E-state index in [-0.39, 0.29) is 30.8 Å². The fourth-order valence-electron chi connectivity index (χ4n) is 2.41. The summed E-state index contributed by atoms with van der Waals surface area (Å²) in [5.74, 6) is -1.26. The molecule has 0 spiro atoms. The minimum atomic E-state index is -2.70. The molecule has 1 fully saturated rings. The number of carboxylic acids is 1. The molecular weight excluding hydrogens is 278 g/mol. The Kier molecular flexibility index (Phi) is 4.12. The van der Waals surface area contributed by atoms with Crippen LogP contribution < -0.4 is 4.90 Å². The molecule has 1 aliphatic rings. The van der Waals surface area contributed by atoms with Crippen molar-refractivity contribution < 1.29 is 18.7 Å². The molecule has 0 aromatic carbocycles. The number of pyridine rings is 1. The molecule has 1 aliphatic heterocycles. The normalized spacial score (nSPS) is 17.9. The second-order valence-corrected chi connectivity index (χ2v) is 5.14. The zero-order chi connectivity index (χ0) is 15.6. The van der Waals surface area contributed by atoms with Crippen molar-refractivity contribution in [3.8, 4) is 12.3 Å². The number of alkyl halides is 2. The molecule has 1 saturated heterocycles. The Morgan fingerprint density at radius 3 is 2.81 bits per heavy atom. The molecule has 6 heteroatoms. The Morgan fingerprint density at radius 1 is 1.48 bits per heavy atom. The van der Waals surface area contributed by atoms with E-state index in [1.165, 1.54) is 6.07 Å². The van der Waals surface area contributed by atoms with Gasteiger partial charge in [0.25, 0.3) is 0 Å². The third kappa shape index (κ3) is 3.30. The van der Waals surface area contributed by atoms with Crippen LogP contribution in [0, 0.1) is 19.3 Å². The second kappa shape index (κ2) is 5.68. The Morgan fingerprint density at radius 2 is 2.19 bits per heavy atom. The van der Waals surface area contributed by atoms with Crippen molar-refractivity contribution in [2.24, 2.45) is 0 Å². The van der Waals surface area contributed by atoms with E-state index in [1.54, 1.807) is 11.8 Å². The lowest BCUT2D eigenvalue weighted by molar-refractivity contribution is -0.0102. The van der Waals surface area contributed by atoms with Gasteiger partial charge in [-0.15, -0.1) is 6.42 Å². The number of hydrogen-bond donors (Lipinski definition) is 1. The van der Waals surface area contributed by atoms with Crippen LogP contribution in [-0.2, 0) is 0 Å². The largest absolute Gasteiger partial charge is 0.478 e. The maximum Gasteiger partial charge on any atom is 0.339 e. The summed E-state index contributed by atoms with van der Waals surface area (Å²) >= 11 is 0. The van der Waals surface area contributed by atoms with E-state index in [0.29, 0.717) is 24.2 Å². The lowest BCUT2D eigenvalue weighted by atomic mass is 10.1. The van der Waals surface area contributed by atoms with Gasteiger partial charge in [-0.05, 0) is 19.4 Å². The van der Waals surface area contributed by atoms with Crippen LogP contribution >= 0.6 is 0 Å². The van der Waals surface area contributed by atoms with E-state index in [1.807, 2.05) is 0 Å². The van der Waals surface area contributed by atoms with E-state index < -0.39 is 11.9 Å². The predicted octanol–water partition coefficient (Wildman–Crippen LogP) is 2.70. The molecular formula is C15H16F2N2O2. The van der Waals surface area contributed by atoms with E-state index in [4.69, 9.17) is 6.42 Å². The molecule has 0 aliphatic carbocycles. The summed E-state index contributed by atoms with van der Waals surface area (Å²) < 4.78 is 26.8. The molecule has 0 radical (unpaired) electrons. The van der Waals surface area contributed by atoms with Gasteiger partial charge >= 0.3 is 5.97 Å². The van der Waals surface area contributed by atoms with Gasteiger partial charge in [-0.25, -0.2) is 18.6 Å². The van der Waals surface area contributed by atoms with Gasteiger partial charge in [0.15, 0.2) is 0 Å². The zero-order valence-corrected chi connectivity index (χ0v) is 11.7. The van der Waals surface area contributed by atoms with Crippen molar-refractivity contribution in [2.75, 3.05) is 18.0 Å². The topological polar surface area (TPSA) is 53.4 Å². The lowest BCUT2D eigenvalue weighted by Crippen LogP contribution is -2.28. The van der Waals surface area contributed by atoms with E-state index >= 15 is 0 Å². The lowest BCUT2D eigenvalue weighted by Gasteiger charge is -2.24. The maximum atomic E-state index is 13.4. The fourth-order valence-corrected chi connectivity index (χ4v) is 2.41. The van der Waals surface area contributed by atoms with Crippen LogP contribution in [0.5, 0.6) is 0 Å². The van der Waals surface area contributed by atoms with Gasteiger partial charge in [-0.1, -0.05) is 5.92 Å². The number of halogens is 2. The van der Waals surface area contributed by atoms with Crippen LogP contribution in [0.25, 0.3) is 0 Å². The van der Waals surface area contributed by atoms with Crippen LogP contribution in [0.2, 0.25) is 0 Å². The van der Waals surface area contributed by atoms with Gasteiger partial charge in [0.2, 0.25) is 5.92 Å². The molecule has 21 heavy (non-hydrogen) atoms. The van der Waals surface area contributed by atoms with Crippen LogP contribution in [0.3, 0.4) is 0 Å². The first-order valence-electron chi connectivity index (χ1n) is 6.68. The average molecular weight is 294 g/mol. The number of aryl methyl sites for hydroxylation is 1. The van der Waals surface area contributed by atoms with Crippen LogP contribution in [-0.4, -0.2) is 35.1 Å². The first-order chi connectivity index (χ1) is 9.84. The molecule has 1 aromatic heterocycles. The predicted molar refractivity (Wildman–Crippen MR) is 74.9 cm³/mol. The number of aromatic carboxylic acids is 1. The summed E-state index contributed by atoms with van der Waals surface area (Å²) in [7, 11) is 0. The highest BCUT2D eigenvalue weighted by atomic mass is 19.3. The third-order valence-corrected chi connectivity index (χ3v) is 3.60. The highest BCUT2D eigenvalue weighted by Gasteiger charge is 2.33. The molecule has 0 unspecified atom stereocenters. The summed E-state index contributed by atoms with van der Waals surface area (Å²) in [6.07, 6.45) is 5.12. The van der Waals surface area contributed by atoms with Crippen molar-refractivity contribution >= 4 is 11.8 Å². The van der Waals surface area contributed by atoms with Crippen LogP contribution in [0.1, 0.15) is 40.9 Å². The SMILES string of the molecule is C#Cc1cc(C(=O)O)c(N2CCCC(F)(F)CC2)nc1C. The number of rotatable bonds is 2. The molecule has 112 valence electrons. The minimum absolute atomic E-state index is 0.0428. The number of terminal acetylenes is 1. The Labute approximate surface area is 121 Å². The second-order valence-electron chi connectivity index (χ2n) is 5.14. The van der Waals surface area contributed by atoms with Gasteiger partial charge in [-0.3, -0.25) is 0 Å². The van der Waals surface area contributed by atoms with Gasteiger partial charge in [0.1, 0.15) is 11.4 Å². The van der Waals surface area contributed by atoms with Gasteiger partial charge in [0, 0.05) is 31.5 Å². The van der Waals surface area contributed by atoms with Gasteiger partial charge in [0.05, 0.1) is 5.69 Å². The van der Waals surface area contributed by atoms with Crippen LogP contribution in [0.4, 0.5) is 14.6 Å². The molecule has 2 heterocycles. The first-order valence-corrected chi connectivity index (χ1v) is 6.68. The Hall–Kier alpha value is -2.16. The summed E-state index contributed by atoms with van der Waals surface area (Å²) in [5, 5.41) is 9.30. The minimum Gasteiger partial charge on any atom is -0.478 e. The molecule has 4 nitrogen and oxygen atoms in total. The standard InChI is InChI=1S/C15H16F2N2O2/c1-3-11-9-12(14(20)21)13(18-10(11)2)19-7-4-5-15(16,17)6-8-19/h1,9H,4-8H2,2H3,(H,20,21). The quantitative estimate of drug-likeness (QED) is 0.852. The zero-order valence-electron chi connectivity index (χ0n) is 11.7. The monoisotopic (exact) mass is 294 g/mol. The summed E-state index contributed by atoms with van der Waals surface area (Å²) in [4.78, 5) is 17.2. The molecule has 1 N–H and O–H groups in total. The highest BCUT2D eigenvalue weighted by molar-refractivity contribution is 5.94. The summed E-state index contributed by atoms with van der Waals surface area (Å²) in [6, 6.07) is 1.38. The fraction of sp³-hybridized carbons (Fsp3) is 0.467. The number of anilines is 1. The first kappa shape index (κ1) is 15.2. The van der Waals surface area contributed by atoms with Crippen molar-refractivity contribution in [3.63, 3.8) is 0 Å². The summed E-state index contributed by atoms with van der Waals surface area (Å²) in [6.45, 7) is 2.11. The summed E-state index contributed by atoms with van der Waals surface area (Å²) in [5.41, 5.74) is 0.878. The van der Waals surface area contributed by atoms with Crippen molar-refractivity contribution in [1.29, 1.82) is 0 Å². The number of aromatic nitrogens is 1. The smallest absolute Gasteiger partial charge is 0.339 e. The average Bonchev–Trinajstić information content (AvgIpc) is 2.59. The third-order valence-electron chi connectivity index (χ3n) is 3.60. The molecule has 0 saturated carbocycles. The number of nitrogens with zero attached hydrogens (tertiary/aromatic N) is 2. The number of hydrogen-bond acceptors (Lipinski definition) is 3. The van der Waals surface area contributed by atoms with E-state index in [2.05, 4.69) is 10.9 Å². The molecule has 2 rings (SSSR count). The molecule has 0 bridgehead atoms. The highest BCUT2D eigenvalue weighted by Crippen LogP contribution is 2.31. The Balaban J connectivity index is 2.41. The number of carboxylic acid groups (broad SMARTS) is 1. The van der Waals surface area contributed by atoms with Crippen molar-refractivity contribution in [3.05, 3.63) is 22.9 Å². The van der Waals surface area contributed by atoms with Crippen molar-refractivity contribution in [1.82, 2.24) is 4.98 Å². The Bertz CT molecular complexity index is 608.